The first-order chi connectivity index (χ1) is 8.08. The van der Waals surface area contributed by atoms with E-state index in [2.05, 4.69) is 26.6 Å². The SMILES string of the molecule is C#CCCCCNS(=O)(=O)c1ccccc1Br. The summed E-state index contributed by atoms with van der Waals surface area (Å²) in [7, 11) is -3.43. The minimum atomic E-state index is -3.43. The Hall–Kier alpha value is -0.830. The average molecular weight is 316 g/mol. The van der Waals surface area contributed by atoms with E-state index in [1.807, 2.05) is 0 Å². The highest BCUT2D eigenvalue weighted by molar-refractivity contribution is 9.10. The number of benzene rings is 1. The van der Waals surface area contributed by atoms with Gasteiger partial charge in [0, 0.05) is 17.4 Å². The lowest BCUT2D eigenvalue weighted by Gasteiger charge is -2.07. The second kappa shape index (κ2) is 6.80. The molecule has 5 heteroatoms. The zero-order valence-corrected chi connectivity index (χ0v) is 11.7. The number of unbranched alkanes of at least 4 members (excludes halogenated alkanes) is 2. The molecule has 0 fully saturated rings. The van der Waals surface area contributed by atoms with Crippen LogP contribution in [-0.2, 0) is 10.0 Å². The van der Waals surface area contributed by atoms with Gasteiger partial charge >= 0.3 is 0 Å². The molecule has 0 spiro atoms. The number of sulfonamides is 1. The number of hydrogen-bond donors (Lipinski definition) is 1. The molecule has 92 valence electrons. The van der Waals surface area contributed by atoms with E-state index in [0.717, 1.165) is 12.8 Å². The Morgan fingerprint density at radius 3 is 2.65 bits per heavy atom. The van der Waals surface area contributed by atoms with Crippen molar-refractivity contribution in [1.29, 1.82) is 0 Å². The van der Waals surface area contributed by atoms with Crippen LogP contribution < -0.4 is 4.72 Å². The maximum Gasteiger partial charge on any atom is 0.241 e. The highest BCUT2D eigenvalue weighted by atomic mass is 79.9. The van der Waals surface area contributed by atoms with Crippen LogP contribution in [0.4, 0.5) is 0 Å². The molecule has 0 amide bonds. The van der Waals surface area contributed by atoms with E-state index in [-0.39, 0.29) is 4.90 Å². The van der Waals surface area contributed by atoms with Gasteiger partial charge in [-0.15, -0.1) is 12.3 Å². The quantitative estimate of drug-likeness (QED) is 0.647. The van der Waals surface area contributed by atoms with E-state index in [9.17, 15) is 8.42 Å². The summed E-state index contributed by atoms with van der Waals surface area (Å²) < 4.78 is 26.9. The monoisotopic (exact) mass is 315 g/mol. The highest BCUT2D eigenvalue weighted by Gasteiger charge is 2.15. The summed E-state index contributed by atoms with van der Waals surface area (Å²) in [5.74, 6) is 2.52. The molecule has 1 N–H and O–H groups in total. The zero-order valence-electron chi connectivity index (χ0n) is 9.32. The molecular formula is C12H14BrNO2S. The number of rotatable bonds is 6. The summed E-state index contributed by atoms with van der Waals surface area (Å²) in [5, 5.41) is 0. The summed E-state index contributed by atoms with van der Waals surface area (Å²) in [6.07, 6.45) is 7.36. The van der Waals surface area contributed by atoms with Crippen molar-refractivity contribution in [2.75, 3.05) is 6.54 Å². The number of nitrogens with one attached hydrogen (secondary N) is 1. The van der Waals surface area contributed by atoms with E-state index >= 15 is 0 Å². The summed E-state index contributed by atoms with van der Waals surface area (Å²) in [5.41, 5.74) is 0. The largest absolute Gasteiger partial charge is 0.241 e. The maximum absolute atomic E-state index is 11.9. The van der Waals surface area contributed by atoms with Gasteiger partial charge in [-0.05, 0) is 40.9 Å². The van der Waals surface area contributed by atoms with Crippen molar-refractivity contribution < 1.29 is 8.42 Å². The van der Waals surface area contributed by atoms with Gasteiger partial charge in [-0.1, -0.05) is 12.1 Å². The van der Waals surface area contributed by atoms with Gasteiger partial charge < -0.3 is 0 Å². The fourth-order valence-electron chi connectivity index (χ4n) is 1.30. The molecule has 3 nitrogen and oxygen atoms in total. The topological polar surface area (TPSA) is 46.2 Å². The van der Waals surface area contributed by atoms with Crippen molar-refractivity contribution in [2.24, 2.45) is 0 Å². The molecule has 0 aliphatic carbocycles. The van der Waals surface area contributed by atoms with E-state index < -0.39 is 10.0 Å². The van der Waals surface area contributed by atoms with Crippen molar-refractivity contribution in [3.63, 3.8) is 0 Å². The van der Waals surface area contributed by atoms with Gasteiger partial charge in [-0.25, -0.2) is 13.1 Å². The fraction of sp³-hybridized carbons (Fsp3) is 0.333. The molecule has 0 saturated carbocycles. The minimum Gasteiger partial charge on any atom is -0.211 e. The molecule has 0 aliphatic heterocycles. The third-order valence-electron chi connectivity index (χ3n) is 2.17. The van der Waals surface area contributed by atoms with E-state index in [1.54, 1.807) is 24.3 Å². The third-order valence-corrected chi connectivity index (χ3v) is 4.64. The van der Waals surface area contributed by atoms with Crippen LogP contribution in [0.2, 0.25) is 0 Å². The Labute approximate surface area is 111 Å². The predicted molar refractivity (Wildman–Crippen MR) is 72.0 cm³/mol. The maximum atomic E-state index is 11.9. The summed E-state index contributed by atoms with van der Waals surface area (Å²) >= 11 is 3.22. The second-order valence-electron chi connectivity index (χ2n) is 3.49. The lowest BCUT2D eigenvalue weighted by Crippen LogP contribution is -2.25. The van der Waals surface area contributed by atoms with Crippen molar-refractivity contribution >= 4 is 26.0 Å². The smallest absolute Gasteiger partial charge is 0.211 e. The molecule has 1 rings (SSSR count). The van der Waals surface area contributed by atoms with E-state index in [4.69, 9.17) is 6.42 Å². The van der Waals surface area contributed by atoms with E-state index in [1.165, 1.54) is 0 Å². The van der Waals surface area contributed by atoms with Gasteiger partial charge in [0.15, 0.2) is 0 Å². The molecule has 0 unspecified atom stereocenters. The molecular weight excluding hydrogens is 302 g/mol. The summed E-state index contributed by atoms with van der Waals surface area (Å²) in [6, 6.07) is 6.73. The van der Waals surface area contributed by atoms with Gasteiger partial charge in [0.05, 0.1) is 4.90 Å². The van der Waals surface area contributed by atoms with Crippen molar-refractivity contribution in [3.05, 3.63) is 28.7 Å². The summed E-state index contributed by atoms with van der Waals surface area (Å²) in [6.45, 7) is 0.408. The van der Waals surface area contributed by atoms with Gasteiger partial charge in [0.25, 0.3) is 0 Å². The Kier molecular flexibility index (Phi) is 5.69. The third kappa shape index (κ3) is 4.50. The molecule has 0 atom stereocenters. The van der Waals surface area contributed by atoms with Crippen LogP contribution in [0, 0.1) is 12.3 Å². The van der Waals surface area contributed by atoms with Crippen LogP contribution in [0.5, 0.6) is 0 Å². The van der Waals surface area contributed by atoms with Gasteiger partial charge in [-0.3, -0.25) is 0 Å². The van der Waals surface area contributed by atoms with E-state index in [0.29, 0.717) is 17.4 Å². The molecule has 1 aromatic carbocycles. The second-order valence-corrected chi connectivity index (χ2v) is 6.08. The number of halogens is 1. The van der Waals surface area contributed by atoms with Crippen LogP contribution in [0.25, 0.3) is 0 Å². The van der Waals surface area contributed by atoms with Crippen LogP contribution >= 0.6 is 15.9 Å². The first-order valence-corrected chi connectivity index (χ1v) is 7.53. The number of terminal acetylenes is 1. The summed E-state index contributed by atoms with van der Waals surface area (Å²) in [4.78, 5) is 0.261. The molecule has 0 heterocycles. The molecule has 0 bridgehead atoms. The van der Waals surface area contributed by atoms with Crippen molar-refractivity contribution in [1.82, 2.24) is 4.72 Å². The Bertz CT molecular complexity index is 505. The molecule has 0 aliphatic rings. The van der Waals surface area contributed by atoms with Gasteiger partial charge in [-0.2, -0.15) is 0 Å². The van der Waals surface area contributed by atoms with Crippen molar-refractivity contribution in [2.45, 2.75) is 24.2 Å². The number of hydrogen-bond acceptors (Lipinski definition) is 2. The normalized spacial score (nSPS) is 11.1. The molecule has 1 aromatic rings. The first-order valence-electron chi connectivity index (χ1n) is 5.25. The Morgan fingerprint density at radius 2 is 2.00 bits per heavy atom. The molecule has 0 aromatic heterocycles. The Balaban J connectivity index is 2.59. The lowest BCUT2D eigenvalue weighted by atomic mass is 10.2. The lowest BCUT2D eigenvalue weighted by molar-refractivity contribution is 0.577. The van der Waals surface area contributed by atoms with Crippen LogP contribution in [0.15, 0.2) is 33.6 Å². The highest BCUT2D eigenvalue weighted by Crippen LogP contribution is 2.20. The molecule has 0 saturated heterocycles. The van der Waals surface area contributed by atoms with Crippen LogP contribution in [-0.4, -0.2) is 15.0 Å². The standard InChI is InChI=1S/C12H14BrNO2S/c1-2-3-4-7-10-14-17(15,16)12-9-6-5-8-11(12)13/h1,5-6,8-9,14H,3-4,7,10H2. The Morgan fingerprint density at radius 1 is 1.29 bits per heavy atom. The average Bonchev–Trinajstić information content (AvgIpc) is 2.29. The van der Waals surface area contributed by atoms with Crippen molar-refractivity contribution in [3.8, 4) is 12.3 Å². The van der Waals surface area contributed by atoms with Gasteiger partial charge in [0.1, 0.15) is 0 Å². The van der Waals surface area contributed by atoms with Crippen LogP contribution in [0.1, 0.15) is 19.3 Å². The fourth-order valence-corrected chi connectivity index (χ4v) is 3.37. The predicted octanol–water partition coefficient (Wildman–Crippen LogP) is 2.53. The first kappa shape index (κ1) is 14.2. The molecule has 17 heavy (non-hydrogen) atoms. The molecule has 0 radical (unpaired) electrons. The minimum absolute atomic E-state index is 0.261. The zero-order chi connectivity index (χ0) is 12.7. The van der Waals surface area contributed by atoms with Gasteiger partial charge in [0.2, 0.25) is 10.0 Å². The van der Waals surface area contributed by atoms with Crippen LogP contribution in [0.3, 0.4) is 0 Å².